The predicted octanol–water partition coefficient (Wildman–Crippen LogP) is 3.54. The maximum Gasteiger partial charge on any atom is 0.0358 e. The van der Waals surface area contributed by atoms with Crippen molar-refractivity contribution in [3.8, 4) is 0 Å². The summed E-state index contributed by atoms with van der Waals surface area (Å²) in [7, 11) is 2.01. The number of rotatable bonds is 6. The van der Waals surface area contributed by atoms with Gasteiger partial charge in [0.15, 0.2) is 0 Å². The molecule has 0 aliphatic carbocycles. The molecular weight excluding hydrogens is 232 g/mol. The number of nitrogens with zero attached hydrogens (tertiary/aromatic N) is 1. The summed E-state index contributed by atoms with van der Waals surface area (Å²) in [5.74, 6) is 0. The van der Waals surface area contributed by atoms with E-state index in [1.165, 1.54) is 23.1 Å². The third-order valence-corrected chi connectivity index (χ3v) is 3.43. The van der Waals surface area contributed by atoms with E-state index in [4.69, 9.17) is 0 Å². The van der Waals surface area contributed by atoms with E-state index in [0.717, 1.165) is 12.8 Å². The molecule has 0 fully saturated rings. The fourth-order valence-electron chi connectivity index (χ4n) is 2.35. The van der Waals surface area contributed by atoms with Gasteiger partial charge in [-0.25, -0.2) is 0 Å². The zero-order chi connectivity index (χ0) is 13.5. The summed E-state index contributed by atoms with van der Waals surface area (Å²) in [6.45, 7) is 2.21. The van der Waals surface area contributed by atoms with Crippen LogP contribution in [0.25, 0.3) is 0 Å². The molecule has 2 rings (SSSR count). The van der Waals surface area contributed by atoms with Crippen LogP contribution in [0.2, 0.25) is 0 Å². The zero-order valence-electron chi connectivity index (χ0n) is 11.8. The van der Waals surface area contributed by atoms with Gasteiger partial charge in [0.05, 0.1) is 0 Å². The lowest BCUT2D eigenvalue weighted by Crippen LogP contribution is -2.18. The highest BCUT2D eigenvalue weighted by atomic mass is 14.9. The first-order valence-corrected chi connectivity index (χ1v) is 6.98. The maximum atomic E-state index is 4.18. The monoisotopic (exact) mass is 254 g/mol. The first-order valence-electron chi connectivity index (χ1n) is 6.98. The minimum atomic E-state index is 0.347. The lowest BCUT2D eigenvalue weighted by Gasteiger charge is -2.17. The Hall–Kier alpha value is -1.67. The number of nitrogens with one attached hydrogen (secondary N) is 1. The van der Waals surface area contributed by atoms with Gasteiger partial charge in [0, 0.05) is 18.4 Å². The van der Waals surface area contributed by atoms with Crippen molar-refractivity contribution in [3.05, 3.63) is 65.5 Å². The van der Waals surface area contributed by atoms with Gasteiger partial charge < -0.3 is 5.32 Å². The van der Waals surface area contributed by atoms with Crippen molar-refractivity contribution in [2.24, 2.45) is 0 Å². The van der Waals surface area contributed by atoms with Crippen molar-refractivity contribution in [3.63, 3.8) is 0 Å². The van der Waals surface area contributed by atoms with Crippen LogP contribution in [0.15, 0.2) is 48.8 Å². The Bertz CT molecular complexity index is 476. The second kappa shape index (κ2) is 7.05. The normalized spacial score (nSPS) is 12.3. The highest BCUT2D eigenvalue weighted by Crippen LogP contribution is 2.18. The van der Waals surface area contributed by atoms with Gasteiger partial charge in [0.25, 0.3) is 0 Å². The molecule has 2 heteroatoms. The highest BCUT2D eigenvalue weighted by molar-refractivity contribution is 5.26. The van der Waals surface area contributed by atoms with Crippen LogP contribution in [0.1, 0.15) is 36.1 Å². The maximum absolute atomic E-state index is 4.18. The van der Waals surface area contributed by atoms with Gasteiger partial charge in [-0.1, -0.05) is 43.7 Å². The molecule has 1 unspecified atom stereocenters. The molecule has 0 aliphatic rings. The van der Waals surface area contributed by atoms with Crippen LogP contribution in [0.5, 0.6) is 0 Å². The summed E-state index contributed by atoms with van der Waals surface area (Å²) >= 11 is 0. The third-order valence-electron chi connectivity index (χ3n) is 3.43. The molecule has 0 saturated carbocycles. The van der Waals surface area contributed by atoms with Crippen LogP contribution in [0.4, 0.5) is 0 Å². The van der Waals surface area contributed by atoms with E-state index in [1.807, 2.05) is 25.5 Å². The van der Waals surface area contributed by atoms with Gasteiger partial charge in [-0.2, -0.15) is 0 Å². The molecule has 1 atom stereocenters. The van der Waals surface area contributed by atoms with Crippen molar-refractivity contribution in [1.82, 2.24) is 10.3 Å². The molecule has 2 nitrogen and oxygen atoms in total. The van der Waals surface area contributed by atoms with Gasteiger partial charge in [-0.3, -0.25) is 4.98 Å². The van der Waals surface area contributed by atoms with E-state index in [2.05, 4.69) is 47.6 Å². The van der Waals surface area contributed by atoms with Crippen LogP contribution < -0.4 is 5.32 Å². The standard InChI is InChI=1S/C17H22N2/c1-3-5-14-7-9-16(10-8-14)17(18-2)12-15-6-4-11-19-13-15/h4,6-11,13,17-18H,3,5,12H2,1-2H3. The summed E-state index contributed by atoms with van der Waals surface area (Å²) in [6.07, 6.45) is 7.09. The molecule has 0 saturated heterocycles. The molecule has 0 radical (unpaired) electrons. The van der Waals surface area contributed by atoms with Gasteiger partial charge in [0.1, 0.15) is 0 Å². The molecule has 0 amide bonds. The van der Waals surface area contributed by atoms with Gasteiger partial charge in [-0.15, -0.1) is 0 Å². The van der Waals surface area contributed by atoms with Crippen molar-refractivity contribution in [1.29, 1.82) is 0 Å². The Morgan fingerprint density at radius 2 is 1.89 bits per heavy atom. The molecule has 1 N–H and O–H groups in total. The average molecular weight is 254 g/mol. The van der Waals surface area contributed by atoms with Gasteiger partial charge in [0.2, 0.25) is 0 Å². The van der Waals surface area contributed by atoms with Crippen LogP contribution >= 0.6 is 0 Å². The Labute approximate surface area is 115 Å². The number of hydrogen-bond acceptors (Lipinski definition) is 2. The minimum Gasteiger partial charge on any atom is -0.313 e. The van der Waals surface area contributed by atoms with Gasteiger partial charge in [-0.05, 0) is 42.6 Å². The number of hydrogen-bond donors (Lipinski definition) is 1. The number of aryl methyl sites for hydroxylation is 1. The Balaban J connectivity index is 2.08. The number of aromatic nitrogens is 1. The number of likely N-dealkylation sites (N-methyl/N-ethyl adjacent to an activating group) is 1. The number of pyridine rings is 1. The average Bonchev–Trinajstić information content (AvgIpc) is 2.47. The summed E-state index contributed by atoms with van der Waals surface area (Å²) in [6, 6.07) is 13.4. The zero-order valence-corrected chi connectivity index (χ0v) is 11.8. The van der Waals surface area contributed by atoms with Crippen molar-refractivity contribution >= 4 is 0 Å². The third kappa shape index (κ3) is 3.90. The van der Waals surface area contributed by atoms with E-state index in [0.29, 0.717) is 6.04 Å². The SMILES string of the molecule is CCCc1ccc(C(Cc2cccnc2)NC)cc1. The minimum absolute atomic E-state index is 0.347. The number of benzene rings is 1. The lowest BCUT2D eigenvalue weighted by atomic mass is 9.98. The summed E-state index contributed by atoms with van der Waals surface area (Å²) in [4.78, 5) is 4.18. The van der Waals surface area contributed by atoms with E-state index >= 15 is 0 Å². The fourth-order valence-corrected chi connectivity index (χ4v) is 2.35. The smallest absolute Gasteiger partial charge is 0.0358 e. The largest absolute Gasteiger partial charge is 0.313 e. The molecule has 1 aromatic carbocycles. The molecule has 1 aromatic heterocycles. The molecule has 0 spiro atoms. The fraction of sp³-hybridized carbons (Fsp3) is 0.353. The first-order chi connectivity index (χ1) is 9.33. The van der Waals surface area contributed by atoms with E-state index in [9.17, 15) is 0 Å². The van der Waals surface area contributed by atoms with Crippen LogP contribution in [0, 0.1) is 0 Å². The van der Waals surface area contributed by atoms with Crippen molar-refractivity contribution in [2.75, 3.05) is 7.05 Å². The van der Waals surface area contributed by atoms with Crippen LogP contribution in [0.3, 0.4) is 0 Å². The van der Waals surface area contributed by atoms with E-state index in [-0.39, 0.29) is 0 Å². The van der Waals surface area contributed by atoms with Crippen LogP contribution in [-0.4, -0.2) is 12.0 Å². The Kier molecular flexibility index (Phi) is 5.10. The molecule has 0 aliphatic heterocycles. The second-order valence-corrected chi connectivity index (χ2v) is 4.90. The van der Waals surface area contributed by atoms with E-state index in [1.54, 1.807) is 0 Å². The highest BCUT2D eigenvalue weighted by Gasteiger charge is 2.09. The van der Waals surface area contributed by atoms with Gasteiger partial charge >= 0.3 is 0 Å². The molecule has 19 heavy (non-hydrogen) atoms. The summed E-state index contributed by atoms with van der Waals surface area (Å²) in [5, 5.41) is 3.39. The molecule has 1 heterocycles. The van der Waals surface area contributed by atoms with Crippen LogP contribution in [-0.2, 0) is 12.8 Å². The Morgan fingerprint density at radius 3 is 2.47 bits per heavy atom. The second-order valence-electron chi connectivity index (χ2n) is 4.90. The Morgan fingerprint density at radius 1 is 1.11 bits per heavy atom. The lowest BCUT2D eigenvalue weighted by molar-refractivity contribution is 0.591. The summed E-state index contributed by atoms with van der Waals surface area (Å²) in [5.41, 5.74) is 4.02. The summed E-state index contributed by atoms with van der Waals surface area (Å²) < 4.78 is 0. The first kappa shape index (κ1) is 13.8. The quantitative estimate of drug-likeness (QED) is 0.853. The van der Waals surface area contributed by atoms with E-state index < -0.39 is 0 Å². The van der Waals surface area contributed by atoms with Crippen molar-refractivity contribution in [2.45, 2.75) is 32.2 Å². The van der Waals surface area contributed by atoms with Crippen molar-refractivity contribution < 1.29 is 0 Å². The molecule has 100 valence electrons. The molecule has 2 aromatic rings. The topological polar surface area (TPSA) is 24.9 Å². The molecular formula is C17H22N2. The predicted molar refractivity (Wildman–Crippen MR) is 80.2 cm³/mol. The molecule has 0 bridgehead atoms.